The molecular formula is C17H26N4O. The van der Waals surface area contributed by atoms with Gasteiger partial charge >= 0.3 is 0 Å². The van der Waals surface area contributed by atoms with E-state index in [4.69, 9.17) is 0 Å². The number of amides is 1. The van der Waals surface area contributed by atoms with Gasteiger partial charge in [0.1, 0.15) is 0 Å². The minimum Gasteiger partial charge on any atom is -0.349 e. The molecule has 1 amide bonds. The summed E-state index contributed by atoms with van der Waals surface area (Å²) in [6.45, 7) is 2.28. The monoisotopic (exact) mass is 302 g/mol. The zero-order chi connectivity index (χ0) is 16.1. The number of aliphatic imine (C=N–C) groups is 1. The van der Waals surface area contributed by atoms with E-state index in [0.29, 0.717) is 13.0 Å². The largest absolute Gasteiger partial charge is 0.349 e. The number of likely N-dealkylation sites (tertiary alicyclic amines) is 1. The maximum absolute atomic E-state index is 11.6. The number of guanidine groups is 1. The second-order valence-corrected chi connectivity index (χ2v) is 6.14. The van der Waals surface area contributed by atoms with Crippen LogP contribution in [0.4, 0.5) is 0 Å². The van der Waals surface area contributed by atoms with Crippen LogP contribution in [0, 0.1) is 0 Å². The number of hydrogen-bond donors (Lipinski definition) is 0. The van der Waals surface area contributed by atoms with Crippen molar-refractivity contribution in [3.05, 3.63) is 35.4 Å². The quantitative estimate of drug-likeness (QED) is 0.629. The molecule has 22 heavy (non-hydrogen) atoms. The third-order valence-corrected chi connectivity index (χ3v) is 3.77. The van der Waals surface area contributed by atoms with E-state index in [2.05, 4.69) is 29.3 Å². The lowest BCUT2D eigenvalue weighted by Gasteiger charge is -2.22. The minimum atomic E-state index is 0.273. The molecule has 0 atom stereocenters. The van der Waals surface area contributed by atoms with Crippen LogP contribution in [0.5, 0.6) is 0 Å². The van der Waals surface area contributed by atoms with Gasteiger partial charge in [0.15, 0.2) is 5.96 Å². The molecule has 0 N–H and O–H groups in total. The predicted molar refractivity (Wildman–Crippen MR) is 89.6 cm³/mol. The molecule has 0 saturated carbocycles. The summed E-state index contributed by atoms with van der Waals surface area (Å²) in [6.07, 6.45) is 1.69. The van der Waals surface area contributed by atoms with Crippen molar-refractivity contribution in [2.45, 2.75) is 25.9 Å². The van der Waals surface area contributed by atoms with Gasteiger partial charge in [0, 0.05) is 47.7 Å². The molecular weight excluding hydrogens is 276 g/mol. The van der Waals surface area contributed by atoms with Gasteiger partial charge in [0.2, 0.25) is 5.91 Å². The molecule has 1 aliphatic heterocycles. The number of carbonyl (C=O) groups excluding carboxylic acids is 1. The first kappa shape index (κ1) is 16.3. The second-order valence-electron chi connectivity index (χ2n) is 6.14. The molecule has 1 fully saturated rings. The predicted octanol–water partition coefficient (Wildman–Crippen LogP) is 1.79. The number of carbonyl (C=O) groups is 1. The van der Waals surface area contributed by atoms with Crippen LogP contribution in [0.25, 0.3) is 0 Å². The van der Waals surface area contributed by atoms with Gasteiger partial charge in [-0.2, -0.15) is 0 Å². The number of rotatable bonds is 4. The lowest BCUT2D eigenvalue weighted by atomic mass is 10.1. The topological polar surface area (TPSA) is 39.1 Å². The first-order valence-corrected chi connectivity index (χ1v) is 7.72. The summed E-state index contributed by atoms with van der Waals surface area (Å²) in [5.74, 6) is 1.22. The number of nitrogens with zero attached hydrogens (tertiary/aromatic N) is 4. The van der Waals surface area contributed by atoms with Crippen LogP contribution in [0.3, 0.4) is 0 Å². The average Bonchev–Trinajstić information content (AvgIpc) is 2.85. The molecule has 0 unspecified atom stereocenters. The van der Waals surface area contributed by atoms with Gasteiger partial charge < -0.3 is 14.7 Å². The third kappa shape index (κ3) is 4.23. The summed E-state index contributed by atoms with van der Waals surface area (Å²) in [4.78, 5) is 22.2. The Morgan fingerprint density at radius 3 is 2.18 bits per heavy atom. The normalized spacial score (nSPS) is 14.2. The molecule has 5 heteroatoms. The third-order valence-electron chi connectivity index (χ3n) is 3.77. The molecule has 2 rings (SSSR count). The zero-order valence-corrected chi connectivity index (χ0v) is 14.0. The summed E-state index contributed by atoms with van der Waals surface area (Å²) < 4.78 is 0. The van der Waals surface area contributed by atoms with Crippen molar-refractivity contribution in [1.82, 2.24) is 14.7 Å². The molecule has 0 aromatic heterocycles. The van der Waals surface area contributed by atoms with Crippen molar-refractivity contribution in [2.75, 3.05) is 34.7 Å². The van der Waals surface area contributed by atoms with Crippen LogP contribution in [0.2, 0.25) is 0 Å². The fourth-order valence-electron chi connectivity index (χ4n) is 2.69. The van der Waals surface area contributed by atoms with E-state index in [1.807, 2.05) is 42.9 Å². The highest BCUT2D eigenvalue weighted by Gasteiger charge is 2.19. The Bertz CT molecular complexity index is 524. The Kier molecular flexibility index (Phi) is 5.41. The van der Waals surface area contributed by atoms with Crippen LogP contribution in [0.1, 0.15) is 24.0 Å². The van der Waals surface area contributed by atoms with Crippen molar-refractivity contribution in [1.29, 1.82) is 0 Å². The van der Waals surface area contributed by atoms with E-state index in [1.54, 1.807) is 0 Å². The van der Waals surface area contributed by atoms with E-state index >= 15 is 0 Å². The van der Waals surface area contributed by atoms with Crippen LogP contribution in [-0.2, 0) is 17.9 Å². The van der Waals surface area contributed by atoms with Crippen LogP contribution < -0.4 is 0 Å². The molecule has 0 radical (unpaired) electrons. The standard InChI is InChI=1S/C17H26N4O/c1-19(2)17(20(3)4)18-12-14-7-9-15(10-8-14)13-21-11-5-6-16(21)22/h7-10H,5-6,11-13H2,1-4H3. The van der Waals surface area contributed by atoms with Crippen molar-refractivity contribution in [2.24, 2.45) is 4.99 Å². The van der Waals surface area contributed by atoms with E-state index in [1.165, 1.54) is 11.1 Å². The van der Waals surface area contributed by atoms with Crippen LogP contribution in [-0.4, -0.2) is 61.3 Å². The molecule has 120 valence electrons. The maximum atomic E-state index is 11.6. The van der Waals surface area contributed by atoms with E-state index in [0.717, 1.165) is 25.5 Å². The second kappa shape index (κ2) is 7.29. The highest BCUT2D eigenvalue weighted by atomic mass is 16.2. The minimum absolute atomic E-state index is 0.273. The Morgan fingerprint density at radius 2 is 1.68 bits per heavy atom. The lowest BCUT2D eigenvalue weighted by molar-refractivity contribution is -0.128. The SMILES string of the molecule is CN(C)C(=NCc1ccc(CN2CCCC2=O)cc1)N(C)C. The Labute approximate surface area is 133 Å². The molecule has 1 heterocycles. The summed E-state index contributed by atoms with van der Waals surface area (Å²) in [7, 11) is 7.98. The number of hydrogen-bond acceptors (Lipinski definition) is 2. The van der Waals surface area contributed by atoms with Gasteiger partial charge in [-0.05, 0) is 17.5 Å². The maximum Gasteiger partial charge on any atom is 0.222 e. The molecule has 0 bridgehead atoms. The zero-order valence-electron chi connectivity index (χ0n) is 14.0. The van der Waals surface area contributed by atoms with Crippen molar-refractivity contribution in [3.63, 3.8) is 0 Å². The highest BCUT2D eigenvalue weighted by molar-refractivity contribution is 5.79. The number of benzene rings is 1. The van der Waals surface area contributed by atoms with Gasteiger partial charge in [0.25, 0.3) is 0 Å². The molecule has 1 aromatic carbocycles. The van der Waals surface area contributed by atoms with E-state index < -0.39 is 0 Å². The van der Waals surface area contributed by atoms with E-state index in [-0.39, 0.29) is 5.91 Å². The fraction of sp³-hybridized carbons (Fsp3) is 0.529. The van der Waals surface area contributed by atoms with Crippen molar-refractivity contribution >= 4 is 11.9 Å². The summed E-state index contributed by atoms with van der Waals surface area (Å²) in [5, 5.41) is 0. The molecule has 1 aliphatic rings. The smallest absolute Gasteiger partial charge is 0.222 e. The molecule has 0 spiro atoms. The van der Waals surface area contributed by atoms with Gasteiger partial charge in [-0.15, -0.1) is 0 Å². The molecule has 1 aromatic rings. The first-order valence-electron chi connectivity index (χ1n) is 7.72. The van der Waals surface area contributed by atoms with Gasteiger partial charge in [-0.25, -0.2) is 4.99 Å². The summed E-state index contributed by atoms with van der Waals surface area (Å²) in [5.41, 5.74) is 2.36. The van der Waals surface area contributed by atoms with Gasteiger partial charge in [0.05, 0.1) is 6.54 Å². The Hall–Kier alpha value is -2.04. The van der Waals surface area contributed by atoms with Crippen LogP contribution in [0.15, 0.2) is 29.3 Å². The average molecular weight is 302 g/mol. The van der Waals surface area contributed by atoms with Gasteiger partial charge in [-0.3, -0.25) is 4.79 Å². The van der Waals surface area contributed by atoms with E-state index in [9.17, 15) is 4.79 Å². The first-order chi connectivity index (χ1) is 10.5. The molecule has 0 aliphatic carbocycles. The molecule has 1 saturated heterocycles. The lowest BCUT2D eigenvalue weighted by Crippen LogP contribution is -2.35. The fourth-order valence-corrected chi connectivity index (χ4v) is 2.69. The molecule has 5 nitrogen and oxygen atoms in total. The summed E-state index contributed by atoms with van der Waals surface area (Å²) >= 11 is 0. The Morgan fingerprint density at radius 1 is 1.09 bits per heavy atom. The van der Waals surface area contributed by atoms with Gasteiger partial charge in [-0.1, -0.05) is 24.3 Å². The summed E-state index contributed by atoms with van der Waals surface area (Å²) in [6, 6.07) is 8.40. The van der Waals surface area contributed by atoms with Crippen molar-refractivity contribution in [3.8, 4) is 0 Å². The Balaban J connectivity index is 1.97. The highest BCUT2D eigenvalue weighted by Crippen LogP contribution is 2.15. The van der Waals surface area contributed by atoms with Crippen LogP contribution >= 0.6 is 0 Å². The van der Waals surface area contributed by atoms with Crippen molar-refractivity contribution < 1.29 is 4.79 Å².